The minimum Gasteiger partial charge on any atom is -0.466 e. The predicted octanol–water partition coefficient (Wildman–Crippen LogP) is 2.75. The van der Waals surface area contributed by atoms with Crippen LogP contribution in [-0.2, 0) is 10.3 Å². The molecule has 0 saturated carbocycles. The molecule has 3 N–H and O–H groups in total. The number of carbonyl (C=O) groups excluding carboxylic acids is 1. The first-order valence-corrected chi connectivity index (χ1v) is 7.78. The third kappa shape index (κ3) is 3.19. The smallest absolute Gasteiger partial charge is 0.259 e. The van der Waals surface area contributed by atoms with E-state index in [1.807, 2.05) is 38.1 Å². The van der Waals surface area contributed by atoms with Crippen LogP contribution in [0.25, 0.3) is 0 Å². The van der Waals surface area contributed by atoms with E-state index in [1.54, 1.807) is 13.0 Å². The number of nitrogens with one attached hydrogen (secondary N) is 1. The molecule has 1 amide bonds. The number of amidine groups is 1. The number of ether oxygens (including phenoxy) is 1. The zero-order valence-electron chi connectivity index (χ0n) is 14.1. The highest BCUT2D eigenvalue weighted by molar-refractivity contribution is 6.05. The molecule has 1 aromatic carbocycles. The number of hydrogen-bond donors (Lipinski definition) is 2. The normalized spacial score (nSPS) is 20.5. The molecule has 0 radical (unpaired) electrons. The maximum atomic E-state index is 12.4. The fraction of sp³-hybridized carbons (Fsp3) is 0.333. The number of furan rings is 1. The third-order valence-corrected chi connectivity index (χ3v) is 4.05. The van der Waals surface area contributed by atoms with Crippen LogP contribution in [0.4, 0.5) is 5.69 Å². The average Bonchev–Trinajstić information content (AvgIpc) is 2.86. The lowest BCUT2D eigenvalue weighted by Gasteiger charge is -2.30. The molecule has 1 aliphatic rings. The molecular formula is C18H21N3O3. The van der Waals surface area contributed by atoms with Gasteiger partial charge in [0, 0.05) is 5.69 Å². The first-order chi connectivity index (χ1) is 11.4. The van der Waals surface area contributed by atoms with Crippen LogP contribution in [0.15, 0.2) is 39.7 Å². The van der Waals surface area contributed by atoms with E-state index in [9.17, 15) is 4.79 Å². The third-order valence-electron chi connectivity index (χ3n) is 4.05. The molecule has 1 unspecified atom stereocenters. The number of amides is 1. The zero-order valence-corrected chi connectivity index (χ0v) is 14.1. The molecule has 6 heteroatoms. The second kappa shape index (κ2) is 6.13. The fourth-order valence-electron chi connectivity index (χ4n) is 2.87. The molecule has 2 aromatic rings. The molecule has 1 aromatic heterocycles. The summed E-state index contributed by atoms with van der Waals surface area (Å²) in [6, 6.07) is 9.30. The molecule has 1 aliphatic heterocycles. The van der Waals surface area contributed by atoms with Crippen LogP contribution in [-0.4, -0.2) is 25.0 Å². The second-order valence-electron chi connectivity index (χ2n) is 6.23. The Hall–Kier alpha value is -2.60. The summed E-state index contributed by atoms with van der Waals surface area (Å²) in [5.41, 5.74) is 7.41. The monoisotopic (exact) mass is 327 g/mol. The quantitative estimate of drug-likeness (QED) is 0.907. The number of aryl methyl sites for hydroxylation is 2. The van der Waals surface area contributed by atoms with E-state index < -0.39 is 5.54 Å². The van der Waals surface area contributed by atoms with Gasteiger partial charge in [0.1, 0.15) is 29.5 Å². The summed E-state index contributed by atoms with van der Waals surface area (Å²) in [5.74, 6) is 1.59. The zero-order chi connectivity index (χ0) is 17.3. The molecule has 1 atom stereocenters. The van der Waals surface area contributed by atoms with Gasteiger partial charge in [-0.2, -0.15) is 0 Å². The Kier molecular flexibility index (Phi) is 4.15. The number of benzene rings is 1. The van der Waals surface area contributed by atoms with Crippen LogP contribution >= 0.6 is 0 Å². The standard InChI is InChI=1S/C18H21N3O3/c1-11-7-15(12(2)24-11)17(22)20-14-6-4-5-13(8-14)18(3)10-23-9-16(19)21-18/h4-8H,9-10H2,1-3H3,(H2,19,21)(H,20,22). The Balaban J connectivity index is 1.85. The lowest BCUT2D eigenvalue weighted by atomic mass is 9.92. The van der Waals surface area contributed by atoms with Gasteiger partial charge in [0.05, 0.1) is 12.2 Å². The number of nitrogens with zero attached hydrogens (tertiary/aromatic N) is 1. The lowest BCUT2D eigenvalue weighted by Crippen LogP contribution is -2.37. The first kappa shape index (κ1) is 16.3. The number of nitrogens with two attached hydrogens (primary N) is 1. The van der Waals surface area contributed by atoms with E-state index in [0.29, 0.717) is 41.8 Å². The molecule has 0 saturated heterocycles. The predicted molar refractivity (Wildman–Crippen MR) is 92.4 cm³/mol. The van der Waals surface area contributed by atoms with Crippen molar-refractivity contribution < 1.29 is 13.9 Å². The van der Waals surface area contributed by atoms with Crippen molar-refractivity contribution in [3.05, 3.63) is 53.0 Å². The van der Waals surface area contributed by atoms with E-state index >= 15 is 0 Å². The SMILES string of the molecule is Cc1cc(C(=O)Nc2cccc(C3(C)COCC(N)=N3)c2)c(C)o1. The fourth-order valence-corrected chi connectivity index (χ4v) is 2.87. The van der Waals surface area contributed by atoms with Crippen molar-refractivity contribution in [2.45, 2.75) is 26.3 Å². The van der Waals surface area contributed by atoms with Gasteiger partial charge in [0.25, 0.3) is 5.91 Å². The second-order valence-corrected chi connectivity index (χ2v) is 6.23. The van der Waals surface area contributed by atoms with Crippen molar-refractivity contribution in [2.24, 2.45) is 10.7 Å². The number of hydrogen-bond acceptors (Lipinski definition) is 5. The van der Waals surface area contributed by atoms with Gasteiger partial charge in [-0.3, -0.25) is 9.79 Å². The average molecular weight is 327 g/mol. The van der Waals surface area contributed by atoms with E-state index in [0.717, 1.165) is 5.56 Å². The minimum atomic E-state index is -0.550. The van der Waals surface area contributed by atoms with E-state index in [1.165, 1.54) is 0 Å². The van der Waals surface area contributed by atoms with Gasteiger partial charge in [-0.25, -0.2) is 0 Å². The maximum Gasteiger partial charge on any atom is 0.259 e. The van der Waals surface area contributed by atoms with Crippen molar-refractivity contribution in [2.75, 3.05) is 18.5 Å². The Bertz CT molecular complexity index is 810. The molecule has 24 heavy (non-hydrogen) atoms. The highest BCUT2D eigenvalue weighted by Gasteiger charge is 2.30. The molecule has 126 valence electrons. The molecule has 0 fully saturated rings. The molecule has 0 aliphatic carbocycles. The van der Waals surface area contributed by atoms with E-state index in [4.69, 9.17) is 14.9 Å². The summed E-state index contributed by atoms with van der Waals surface area (Å²) in [5, 5.41) is 2.90. The maximum absolute atomic E-state index is 12.4. The number of carbonyl (C=O) groups is 1. The van der Waals surface area contributed by atoms with E-state index in [-0.39, 0.29) is 5.91 Å². The summed E-state index contributed by atoms with van der Waals surface area (Å²) in [7, 11) is 0. The van der Waals surface area contributed by atoms with Gasteiger partial charge in [0.2, 0.25) is 0 Å². The lowest BCUT2D eigenvalue weighted by molar-refractivity contribution is 0.102. The van der Waals surface area contributed by atoms with Gasteiger partial charge in [-0.05, 0) is 44.5 Å². The van der Waals surface area contributed by atoms with Gasteiger partial charge in [-0.1, -0.05) is 12.1 Å². The number of aliphatic imine (C=N–C) groups is 1. The Morgan fingerprint density at radius 3 is 2.79 bits per heavy atom. The van der Waals surface area contributed by atoms with Crippen LogP contribution in [0.2, 0.25) is 0 Å². The van der Waals surface area contributed by atoms with Crippen LogP contribution in [0.1, 0.15) is 34.4 Å². The minimum absolute atomic E-state index is 0.199. The van der Waals surface area contributed by atoms with Crippen molar-refractivity contribution in [3.8, 4) is 0 Å². The van der Waals surface area contributed by atoms with Gasteiger partial charge in [0.15, 0.2) is 0 Å². The molecule has 2 heterocycles. The van der Waals surface area contributed by atoms with Crippen LogP contribution in [0.5, 0.6) is 0 Å². The molecule has 6 nitrogen and oxygen atoms in total. The largest absolute Gasteiger partial charge is 0.466 e. The molecule has 0 bridgehead atoms. The van der Waals surface area contributed by atoms with Crippen LogP contribution in [0, 0.1) is 13.8 Å². The van der Waals surface area contributed by atoms with E-state index in [2.05, 4.69) is 10.3 Å². The topological polar surface area (TPSA) is 89.8 Å². The highest BCUT2D eigenvalue weighted by Crippen LogP contribution is 2.30. The first-order valence-electron chi connectivity index (χ1n) is 7.78. The summed E-state index contributed by atoms with van der Waals surface area (Å²) >= 11 is 0. The molecule has 3 rings (SSSR count). The Labute approximate surface area is 140 Å². The van der Waals surface area contributed by atoms with Crippen molar-refractivity contribution in [1.82, 2.24) is 0 Å². The Morgan fingerprint density at radius 1 is 1.33 bits per heavy atom. The molecule has 0 spiro atoms. The van der Waals surface area contributed by atoms with Gasteiger partial charge in [-0.15, -0.1) is 0 Å². The summed E-state index contributed by atoms with van der Waals surface area (Å²) in [6.45, 7) is 6.35. The summed E-state index contributed by atoms with van der Waals surface area (Å²) in [4.78, 5) is 16.9. The number of rotatable bonds is 3. The number of anilines is 1. The highest BCUT2D eigenvalue weighted by atomic mass is 16.5. The Morgan fingerprint density at radius 2 is 2.12 bits per heavy atom. The van der Waals surface area contributed by atoms with Crippen molar-refractivity contribution in [1.29, 1.82) is 0 Å². The van der Waals surface area contributed by atoms with Crippen LogP contribution in [0.3, 0.4) is 0 Å². The van der Waals surface area contributed by atoms with Crippen molar-refractivity contribution >= 4 is 17.4 Å². The van der Waals surface area contributed by atoms with Gasteiger partial charge < -0.3 is 20.2 Å². The summed E-state index contributed by atoms with van der Waals surface area (Å²) < 4.78 is 10.9. The molecular weight excluding hydrogens is 306 g/mol. The van der Waals surface area contributed by atoms with Crippen molar-refractivity contribution in [3.63, 3.8) is 0 Å². The summed E-state index contributed by atoms with van der Waals surface area (Å²) in [6.07, 6.45) is 0. The van der Waals surface area contributed by atoms with Crippen LogP contribution < -0.4 is 11.1 Å². The van der Waals surface area contributed by atoms with Gasteiger partial charge >= 0.3 is 0 Å².